The molecular formula is C21H29ClFN3O5S. The second-order valence-corrected chi connectivity index (χ2v) is 10.8. The Morgan fingerprint density at radius 3 is 2.53 bits per heavy atom. The number of benzene rings is 1. The predicted octanol–water partition coefficient (Wildman–Crippen LogP) is 2.48. The fourth-order valence-corrected chi connectivity index (χ4v) is 5.74. The zero-order chi connectivity index (χ0) is 22.7. The highest BCUT2D eigenvalue weighted by atomic mass is 35.5. The molecule has 4 rings (SSSR count). The average molecular weight is 490 g/mol. The third-order valence-electron chi connectivity index (χ3n) is 6.26. The van der Waals surface area contributed by atoms with E-state index >= 15 is 0 Å². The van der Waals surface area contributed by atoms with Crippen LogP contribution in [0.4, 0.5) is 4.39 Å². The molecule has 3 fully saturated rings. The quantitative estimate of drug-likeness (QED) is 0.582. The number of nitrogens with one attached hydrogen (secondary N) is 2. The monoisotopic (exact) mass is 489 g/mol. The van der Waals surface area contributed by atoms with Crippen LogP contribution in [0.1, 0.15) is 48.9 Å². The van der Waals surface area contributed by atoms with Gasteiger partial charge in [0.1, 0.15) is 11.6 Å². The Labute approximate surface area is 193 Å². The molecule has 2 aliphatic heterocycles. The molecule has 0 aromatic heterocycles. The Balaban J connectivity index is 1.31. The molecule has 1 amide bonds. The largest absolute Gasteiger partial charge is 0.492 e. The van der Waals surface area contributed by atoms with Gasteiger partial charge in [0.15, 0.2) is 0 Å². The van der Waals surface area contributed by atoms with Gasteiger partial charge in [0.2, 0.25) is 0 Å². The number of ether oxygens (including phenoxy) is 2. The molecular weight excluding hydrogens is 461 g/mol. The SMILES string of the molecule is O=C(NS(=O)(=O)N1CC(OC2CCNCC2)C1)c1cc(Cl)c(OCC2CCCC2)cc1F. The topological polar surface area (TPSA) is 97.0 Å². The van der Waals surface area contributed by atoms with Crippen molar-refractivity contribution in [3.05, 3.63) is 28.5 Å². The van der Waals surface area contributed by atoms with Crippen molar-refractivity contribution >= 4 is 27.7 Å². The van der Waals surface area contributed by atoms with Crippen LogP contribution in [0.25, 0.3) is 0 Å². The van der Waals surface area contributed by atoms with Crippen LogP contribution in [0.3, 0.4) is 0 Å². The molecule has 2 saturated heterocycles. The summed E-state index contributed by atoms with van der Waals surface area (Å²) < 4.78 is 54.1. The number of halogens is 2. The van der Waals surface area contributed by atoms with Crippen molar-refractivity contribution in [1.29, 1.82) is 0 Å². The van der Waals surface area contributed by atoms with E-state index in [9.17, 15) is 17.6 Å². The molecule has 2 heterocycles. The van der Waals surface area contributed by atoms with Gasteiger partial charge in [0.05, 0.1) is 29.4 Å². The van der Waals surface area contributed by atoms with E-state index in [2.05, 4.69) is 5.32 Å². The van der Waals surface area contributed by atoms with E-state index in [1.54, 1.807) is 0 Å². The molecule has 0 atom stereocenters. The highest BCUT2D eigenvalue weighted by molar-refractivity contribution is 7.87. The minimum atomic E-state index is -4.11. The molecule has 1 aromatic carbocycles. The maximum absolute atomic E-state index is 14.5. The molecule has 32 heavy (non-hydrogen) atoms. The van der Waals surface area contributed by atoms with Crippen molar-refractivity contribution in [1.82, 2.24) is 14.3 Å². The second kappa shape index (κ2) is 10.2. The van der Waals surface area contributed by atoms with Crippen molar-refractivity contribution in [2.75, 3.05) is 32.8 Å². The number of piperidine rings is 1. The highest BCUT2D eigenvalue weighted by Crippen LogP contribution is 2.31. The molecule has 1 saturated carbocycles. The third-order valence-corrected chi connectivity index (χ3v) is 7.98. The summed E-state index contributed by atoms with van der Waals surface area (Å²) in [6.45, 7) is 2.52. The number of amides is 1. The van der Waals surface area contributed by atoms with Crippen LogP contribution < -0.4 is 14.8 Å². The first kappa shape index (κ1) is 23.7. The first-order valence-corrected chi connectivity index (χ1v) is 12.9. The lowest BCUT2D eigenvalue weighted by Gasteiger charge is -2.40. The lowest BCUT2D eigenvalue weighted by Crippen LogP contribution is -2.59. The molecule has 2 N–H and O–H groups in total. The van der Waals surface area contributed by atoms with E-state index in [1.165, 1.54) is 0 Å². The standard InChI is InChI=1S/C21H29ClFN3O5S/c22-18-9-17(19(23)10-20(18)30-13-14-3-1-2-4-14)21(27)25-32(28,29)26-11-16(12-26)31-15-5-7-24-8-6-15/h9-10,14-16,24H,1-8,11-13H2,(H,25,27). The van der Waals surface area contributed by atoms with Crippen molar-refractivity contribution < 1.29 is 27.1 Å². The second-order valence-electron chi connectivity index (χ2n) is 8.68. The zero-order valence-electron chi connectivity index (χ0n) is 17.8. The molecule has 1 aromatic rings. The fourth-order valence-electron chi connectivity index (χ4n) is 4.32. The van der Waals surface area contributed by atoms with Gasteiger partial charge in [-0.25, -0.2) is 9.11 Å². The summed E-state index contributed by atoms with van der Waals surface area (Å²) in [4.78, 5) is 12.5. The number of hydrogen-bond donors (Lipinski definition) is 2. The van der Waals surface area contributed by atoms with Gasteiger partial charge in [0.25, 0.3) is 5.91 Å². The summed E-state index contributed by atoms with van der Waals surface area (Å²) in [5, 5.41) is 3.31. The van der Waals surface area contributed by atoms with Crippen LogP contribution in [0.15, 0.2) is 12.1 Å². The van der Waals surface area contributed by atoms with Gasteiger partial charge in [0, 0.05) is 19.2 Å². The van der Waals surface area contributed by atoms with Crippen molar-refractivity contribution in [3.8, 4) is 5.75 Å². The Morgan fingerprint density at radius 2 is 1.84 bits per heavy atom. The molecule has 0 unspecified atom stereocenters. The van der Waals surface area contributed by atoms with E-state index < -0.39 is 27.5 Å². The molecule has 8 nitrogen and oxygen atoms in total. The van der Waals surface area contributed by atoms with Crippen molar-refractivity contribution in [3.63, 3.8) is 0 Å². The molecule has 0 spiro atoms. The van der Waals surface area contributed by atoms with Crippen LogP contribution in [-0.4, -0.2) is 63.6 Å². The summed E-state index contributed by atoms with van der Waals surface area (Å²) in [5.74, 6) is -1.40. The molecule has 178 valence electrons. The average Bonchev–Trinajstić information content (AvgIpc) is 3.24. The van der Waals surface area contributed by atoms with Crippen LogP contribution in [-0.2, 0) is 14.9 Å². The fraction of sp³-hybridized carbons (Fsp3) is 0.667. The van der Waals surface area contributed by atoms with Crippen LogP contribution in [0.5, 0.6) is 5.75 Å². The number of carbonyl (C=O) groups excluding carboxylic acids is 1. The van der Waals surface area contributed by atoms with Gasteiger partial charge in [-0.15, -0.1) is 0 Å². The first-order chi connectivity index (χ1) is 15.3. The Morgan fingerprint density at radius 1 is 1.16 bits per heavy atom. The number of carbonyl (C=O) groups is 1. The van der Waals surface area contributed by atoms with E-state index in [0.717, 1.165) is 68.1 Å². The number of hydrogen-bond acceptors (Lipinski definition) is 6. The van der Waals surface area contributed by atoms with E-state index in [4.69, 9.17) is 21.1 Å². The van der Waals surface area contributed by atoms with Crippen LogP contribution >= 0.6 is 11.6 Å². The van der Waals surface area contributed by atoms with E-state index in [1.807, 2.05) is 4.72 Å². The maximum atomic E-state index is 14.5. The number of nitrogens with zero attached hydrogens (tertiary/aromatic N) is 1. The normalized spacial score (nSPS) is 21.4. The van der Waals surface area contributed by atoms with Crippen molar-refractivity contribution in [2.45, 2.75) is 50.7 Å². The summed E-state index contributed by atoms with van der Waals surface area (Å²) in [7, 11) is -4.11. The molecule has 3 aliphatic rings. The molecule has 0 radical (unpaired) electrons. The molecule has 11 heteroatoms. The van der Waals surface area contributed by atoms with Crippen LogP contribution in [0, 0.1) is 11.7 Å². The maximum Gasteiger partial charge on any atom is 0.304 e. The smallest absolute Gasteiger partial charge is 0.304 e. The van der Waals surface area contributed by atoms with E-state index in [-0.39, 0.29) is 36.1 Å². The highest BCUT2D eigenvalue weighted by Gasteiger charge is 2.39. The Hall–Kier alpha value is -1.46. The van der Waals surface area contributed by atoms with Gasteiger partial charge in [-0.3, -0.25) is 4.79 Å². The predicted molar refractivity (Wildman–Crippen MR) is 118 cm³/mol. The summed E-state index contributed by atoms with van der Waals surface area (Å²) >= 11 is 6.16. The van der Waals surface area contributed by atoms with Gasteiger partial charge in [-0.05, 0) is 50.8 Å². The summed E-state index contributed by atoms with van der Waals surface area (Å²) in [6, 6.07) is 2.14. The van der Waals surface area contributed by atoms with Crippen LogP contribution in [0.2, 0.25) is 5.02 Å². The van der Waals surface area contributed by atoms with Gasteiger partial charge in [-0.1, -0.05) is 24.4 Å². The molecule has 1 aliphatic carbocycles. The summed E-state index contributed by atoms with van der Waals surface area (Å²) in [6.07, 6.45) is 6.15. The first-order valence-electron chi connectivity index (χ1n) is 11.1. The lowest BCUT2D eigenvalue weighted by atomic mass is 10.1. The van der Waals surface area contributed by atoms with Gasteiger partial charge >= 0.3 is 10.2 Å². The van der Waals surface area contributed by atoms with Crippen molar-refractivity contribution in [2.24, 2.45) is 5.92 Å². The lowest BCUT2D eigenvalue weighted by molar-refractivity contribution is -0.0756. The Bertz CT molecular complexity index is 930. The van der Waals surface area contributed by atoms with Gasteiger partial charge in [-0.2, -0.15) is 12.7 Å². The minimum Gasteiger partial charge on any atom is -0.492 e. The molecule has 0 bridgehead atoms. The number of rotatable bonds is 8. The Kier molecular flexibility index (Phi) is 7.56. The van der Waals surface area contributed by atoms with E-state index in [0.29, 0.717) is 12.5 Å². The van der Waals surface area contributed by atoms with Gasteiger partial charge < -0.3 is 14.8 Å². The third kappa shape index (κ3) is 5.72. The minimum absolute atomic E-state index is 0.0614. The zero-order valence-corrected chi connectivity index (χ0v) is 19.4. The summed E-state index contributed by atoms with van der Waals surface area (Å²) in [5.41, 5.74) is -0.449.